The molecule has 1 saturated heterocycles. The van der Waals surface area contributed by atoms with Gasteiger partial charge < -0.3 is 14.5 Å². The minimum atomic E-state index is -0.327. The van der Waals surface area contributed by atoms with Gasteiger partial charge >= 0.3 is 0 Å². The maximum Gasteiger partial charge on any atom is 0.246 e. The van der Waals surface area contributed by atoms with E-state index in [1.54, 1.807) is 17.0 Å². The second-order valence-electron chi connectivity index (χ2n) is 5.71. The van der Waals surface area contributed by atoms with Crippen LogP contribution in [0.3, 0.4) is 0 Å². The number of ether oxygens (including phenoxy) is 1. The maximum atomic E-state index is 13.2. The van der Waals surface area contributed by atoms with E-state index < -0.39 is 0 Å². The Labute approximate surface area is 141 Å². The number of hydrogen-bond donors (Lipinski definition) is 0. The van der Waals surface area contributed by atoms with Gasteiger partial charge in [0.25, 0.3) is 0 Å². The number of benzene rings is 1. The average molecular weight is 334 g/mol. The summed E-state index contributed by atoms with van der Waals surface area (Å²) in [6.07, 6.45) is 2.55. The SMILES string of the molecule is C=CC(=O)N(CC)CC(=O)N1CCC(Oc2cccc(F)c2)CC1. The summed E-state index contributed by atoms with van der Waals surface area (Å²) < 4.78 is 18.9. The summed E-state index contributed by atoms with van der Waals surface area (Å²) in [7, 11) is 0. The fourth-order valence-electron chi connectivity index (χ4n) is 2.69. The first-order valence-corrected chi connectivity index (χ1v) is 8.14. The number of likely N-dealkylation sites (N-methyl/N-ethyl adjacent to an activating group) is 1. The number of amides is 2. The lowest BCUT2D eigenvalue weighted by molar-refractivity contribution is -0.139. The van der Waals surface area contributed by atoms with E-state index in [-0.39, 0.29) is 30.3 Å². The molecule has 1 aromatic rings. The molecule has 0 saturated carbocycles. The number of hydrogen-bond acceptors (Lipinski definition) is 3. The van der Waals surface area contributed by atoms with Crippen molar-refractivity contribution >= 4 is 11.8 Å². The van der Waals surface area contributed by atoms with Gasteiger partial charge in [-0.15, -0.1) is 0 Å². The summed E-state index contributed by atoms with van der Waals surface area (Å²) in [5.41, 5.74) is 0. The molecule has 0 radical (unpaired) electrons. The van der Waals surface area contributed by atoms with Crippen LogP contribution in [0.5, 0.6) is 5.75 Å². The number of carbonyl (C=O) groups excluding carboxylic acids is 2. The lowest BCUT2D eigenvalue weighted by Gasteiger charge is -2.33. The number of nitrogens with zero attached hydrogens (tertiary/aromatic N) is 2. The quantitative estimate of drug-likeness (QED) is 0.750. The van der Waals surface area contributed by atoms with E-state index in [2.05, 4.69) is 6.58 Å². The Balaban J connectivity index is 1.82. The Bertz CT molecular complexity index is 598. The molecule has 24 heavy (non-hydrogen) atoms. The molecule has 0 unspecified atom stereocenters. The summed E-state index contributed by atoms with van der Waals surface area (Å²) in [5.74, 6) is -0.133. The zero-order valence-corrected chi connectivity index (χ0v) is 13.9. The van der Waals surface area contributed by atoms with Crippen molar-refractivity contribution in [1.82, 2.24) is 9.80 Å². The molecule has 0 bridgehead atoms. The molecule has 1 aliphatic rings. The zero-order chi connectivity index (χ0) is 17.5. The molecule has 1 fully saturated rings. The Morgan fingerprint density at radius 3 is 2.71 bits per heavy atom. The largest absolute Gasteiger partial charge is 0.490 e. The molecular weight excluding hydrogens is 311 g/mol. The highest BCUT2D eigenvalue weighted by Gasteiger charge is 2.25. The van der Waals surface area contributed by atoms with Crippen LogP contribution in [-0.2, 0) is 9.59 Å². The smallest absolute Gasteiger partial charge is 0.246 e. The van der Waals surface area contributed by atoms with E-state index in [0.717, 1.165) is 0 Å². The predicted molar refractivity (Wildman–Crippen MR) is 89.1 cm³/mol. The van der Waals surface area contributed by atoms with Crippen LogP contribution in [0.15, 0.2) is 36.9 Å². The van der Waals surface area contributed by atoms with Crippen LogP contribution in [0.1, 0.15) is 19.8 Å². The summed E-state index contributed by atoms with van der Waals surface area (Å²) in [5, 5.41) is 0. The van der Waals surface area contributed by atoms with Gasteiger partial charge in [-0.25, -0.2) is 4.39 Å². The Kier molecular flexibility index (Phi) is 6.35. The number of halogens is 1. The lowest BCUT2D eigenvalue weighted by Crippen LogP contribution is -2.47. The fourth-order valence-corrected chi connectivity index (χ4v) is 2.69. The van der Waals surface area contributed by atoms with E-state index in [4.69, 9.17) is 4.74 Å². The molecule has 1 aliphatic heterocycles. The standard InChI is InChI=1S/C18H23FN2O3/c1-3-17(22)20(4-2)13-18(23)21-10-8-15(9-11-21)24-16-7-5-6-14(19)12-16/h3,5-7,12,15H,1,4,8-11,13H2,2H3. The van der Waals surface area contributed by atoms with E-state index in [1.165, 1.54) is 23.1 Å². The zero-order valence-electron chi connectivity index (χ0n) is 13.9. The van der Waals surface area contributed by atoms with Crippen LogP contribution < -0.4 is 4.74 Å². The van der Waals surface area contributed by atoms with Crippen LogP contribution in [0.25, 0.3) is 0 Å². The molecule has 1 aromatic carbocycles. The number of rotatable bonds is 6. The van der Waals surface area contributed by atoms with Crippen LogP contribution in [0.4, 0.5) is 4.39 Å². The highest BCUT2D eigenvalue weighted by molar-refractivity contribution is 5.90. The van der Waals surface area contributed by atoms with Gasteiger partial charge in [0.15, 0.2) is 0 Å². The Morgan fingerprint density at radius 1 is 1.42 bits per heavy atom. The number of piperidine rings is 1. The normalized spacial score (nSPS) is 15.0. The summed E-state index contributed by atoms with van der Waals surface area (Å²) >= 11 is 0. The van der Waals surface area contributed by atoms with Gasteiger partial charge in [0, 0.05) is 38.5 Å². The van der Waals surface area contributed by atoms with Gasteiger partial charge in [-0.3, -0.25) is 9.59 Å². The first kappa shape index (κ1) is 18.0. The van der Waals surface area contributed by atoms with E-state index in [9.17, 15) is 14.0 Å². The van der Waals surface area contributed by atoms with Crippen molar-refractivity contribution in [3.8, 4) is 5.75 Å². The van der Waals surface area contributed by atoms with Crippen LogP contribution in [-0.4, -0.2) is 53.9 Å². The molecule has 0 atom stereocenters. The molecule has 2 amide bonds. The third-order valence-electron chi connectivity index (χ3n) is 4.09. The number of carbonyl (C=O) groups is 2. The average Bonchev–Trinajstić information content (AvgIpc) is 2.59. The maximum absolute atomic E-state index is 13.2. The van der Waals surface area contributed by atoms with Gasteiger partial charge in [0.05, 0.1) is 6.54 Å². The second-order valence-corrected chi connectivity index (χ2v) is 5.71. The highest BCUT2D eigenvalue weighted by Crippen LogP contribution is 2.20. The minimum absolute atomic E-state index is 0.0343. The molecule has 5 nitrogen and oxygen atoms in total. The van der Waals surface area contributed by atoms with Crippen LogP contribution >= 0.6 is 0 Å². The molecule has 0 N–H and O–H groups in total. The molecule has 6 heteroatoms. The van der Waals surface area contributed by atoms with Gasteiger partial charge in [0.2, 0.25) is 11.8 Å². The Morgan fingerprint density at radius 2 is 2.12 bits per heavy atom. The second kappa shape index (κ2) is 8.47. The molecular formula is C18H23FN2O3. The summed E-state index contributed by atoms with van der Waals surface area (Å²) in [4.78, 5) is 27.1. The van der Waals surface area contributed by atoms with E-state index in [0.29, 0.717) is 38.2 Å². The fraction of sp³-hybridized carbons (Fsp3) is 0.444. The molecule has 0 spiro atoms. The third-order valence-corrected chi connectivity index (χ3v) is 4.09. The van der Waals surface area contributed by atoms with E-state index >= 15 is 0 Å². The van der Waals surface area contributed by atoms with Crippen molar-refractivity contribution in [2.75, 3.05) is 26.2 Å². The topological polar surface area (TPSA) is 49.9 Å². The molecule has 130 valence electrons. The van der Waals surface area contributed by atoms with Crippen molar-refractivity contribution < 1.29 is 18.7 Å². The van der Waals surface area contributed by atoms with Crippen molar-refractivity contribution in [3.05, 3.63) is 42.7 Å². The first-order chi connectivity index (χ1) is 11.5. The highest BCUT2D eigenvalue weighted by atomic mass is 19.1. The minimum Gasteiger partial charge on any atom is -0.490 e. The van der Waals surface area contributed by atoms with Crippen molar-refractivity contribution in [3.63, 3.8) is 0 Å². The molecule has 0 aromatic heterocycles. The van der Waals surface area contributed by atoms with Gasteiger partial charge in [-0.2, -0.15) is 0 Å². The summed E-state index contributed by atoms with van der Waals surface area (Å²) in [6, 6.07) is 6.07. The first-order valence-electron chi connectivity index (χ1n) is 8.14. The van der Waals surface area contributed by atoms with Crippen molar-refractivity contribution in [1.29, 1.82) is 0 Å². The summed E-state index contributed by atoms with van der Waals surface area (Å²) in [6.45, 7) is 6.94. The van der Waals surface area contributed by atoms with Crippen molar-refractivity contribution in [2.24, 2.45) is 0 Å². The van der Waals surface area contributed by atoms with Crippen molar-refractivity contribution in [2.45, 2.75) is 25.9 Å². The lowest BCUT2D eigenvalue weighted by atomic mass is 10.1. The Hall–Kier alpha value is -2.37. The molecule has 1 heterocycles. The van der Waals surface area contributed by atoms with E-state index in [1.807, 2.05) is 6.92 Å². The van der Waals surface area contributed by atoms with Crippen LogP contribution in [0, 0.1) is 5.82 Å². The van der Waals surface area contributed by atoms with Crippen LogP contribution in [0.2, 0.25) is 0 Å². The molecule has 0 aliphatic carbocycles. The third kappa shape index (κ3) is 4.81. The van der Waals surface area contributed by atoms with Gasteiger partial charge in [-0.05, 0) is 25.1 Å². The van der Waals surface area contributed by atoms with Gasteiger partial charge in [0.1, 0.15) is 17.7 Å². The number of likely N-dealkylation sites (tertiary alicyclic amines) is 1. The molecule has 2 rings (SSSR count). The monoisotopic (exact) mass is 334 g/mol. The predicted octanol–water partition coefficient (Wildman–Crippen LogP) is 2.23. The van der Waals surface area contributed by atoms with Gasteiger partial charge in [-0.1, -0.05) is 12.6 Å².